The molecule has 3 atom stereocenters. The predicted molar refractivity (Wildman–Crippen MR) is 88.5 cm³/mol. The fourth-order valence-electron chi connectivity index (χ4n) is 3.59. The lowest BCUT2D eigenvalue weighted by atomic mass is 10.0. The van der Waals surface area contributed by atoms with Crippen LogP contribution in [0.5, 0.6) is 0 Å². The van der Waals surface area contributed by atoms with E-state index in [1.165, 1.54) is 0 Å². The van der Waals surface area contributed by atoms with Crippen LogP contribution in [0.3, 0.4) is 0 Å². The topological polar surface area (TPSA) is 58.5 Å². The van der Waals surface area contributed by atoms with Crippen LogP contribution in [0.15, 0.2) is 59.6 Å². The molecule has 0 spiro atoms. The molecule has 23 heavy (non-hydrogen) atoms. The second kappa shape index (κ2) is 4.73. The molecule has 2 aliphatic rings. The van der Waals surface area contributed by atoms with Gasteiger partial charge in [-0.25, -0.2) is 0 Å². The molecule has 116 valence electrons. The third-order valence-corrected chi connectivity index (χ3v) is 4.63. The summed E-state index contributed by atoms with van der Waals surface area (Å²) in [6.07, 6.45) is 0. The fraction of sp³-hybridized carbons (Fsp3) is 0.278. The van der Waals surface area contributed by atoms with Crippen molar-refractivity contribution in [3.05, 3.63) is 75.8 Å². The molecule has 1 unspecified atom stereocenters. The Morgan fingerprint density at radius 1 is 1.04 bits per heavy atom. The fourth-order valence-corrected chi connectivity index (χ4v) is 3.59. The molecule has 0 N–H and O–H groups in total. The van der Waals surface area contributed by atoms with Gasteiger partial charge >= 0.3 is 0 Å². The number of rotatable bonds is 3. The standard InChI is InChI=1S/C18H17N3O2/c1-18(2)19-15(12-6-4-3-5-7-12)17-16(20(17)18)13-8-10-14(11-9-13)21(22)23/h3-11,16-17H,1-2H3/t16-,17+,20?/m1/s1. The Morgan fingerprint density at radius 3 is 2.30 bits per heavy atom. The van der Waals surface area contributed by atoms with Gasteiger partial charge < -0.3 is 0 Å². The Bertz CT molecular complexity index is 797. The zero-order valence-corrected chi connectivity index (χ0v) is 13.0. The van der Waals surface area contributed by atoms with Gasteiger partial charge in [0, 0.05) is 12.1 Å². The lowest BCUT2D eigenvalue weighted by Crippen LogP contribution is -2.25. The zero-order chi connectivity index (χ0) is 16.2. The molecule has 0 radical (unpaired) electrons. The summed E-state index contributed by atoms with van der Waals surface area (Å²) in [7, 11) is 0. The van der Waals surface area contributed by atoms with Crippen molar-refractivity contribution in [3.8, 4) is 0 Å². The summed E-state index contributed by atoms with van der Waals surface area (Å²) in [5.41, 5.74) is 3.25. The molecule has 2 heterocycles. The third-order valence-electron chi connectivity index (χ3n) is 4.63. The van der Waals surface area contributed by atoms with Gasteiger partial charge in [0.05, 0.1) is 22.7 Å². The number of hydrogen-bond acceptors (Lipinski definition) is 4. The maximum absolute atomic E-state index is 10.8. The zero-order valence-electron chi connectivity index (χ0n) is 13.0. The molecule has 2 aliphatic heterocycles. The van der Waals surface area contributed by atoms with Crippen molar-refractivity contribution in [1.29, 1.82) is 0 Å². The van der Waals surface area contributed by atoms with Crippen LogP contribution in [0.1, 0.15) is 31.0 Å². The first kappa shape index (κ1) is 14.1. The normalized spacial score (nSPS) is 27.2. The minimum atomic E-state index is -0.363. The highest BCUT2D eigenvalue weighted by Crippen LogP contribution is 2.54. The summed E-state index contributed by atoms with van der Waals surface area (Å²) >= 11 is 0. The van der Waals surface area contributed by atoms with Crippen LogP contribution in [0.25, 0.3) is 0 Å². The highest BCUT2D eigenvalue weighted by molar-refractivity contribution is 6.08. The molecule has 0 aromatic heterocycles. The van der Waals surface area contributed by atoms with Crippen molar-refractivity contribution in [1.82, 2.24) is 4.90 Å². The first-order valence-corrected chi connectivity index (χ1v) is 7.67. The summed E-state index contributed by atoms with van der Waals surface area (Å²) in [5.74, 6) is 0. The molecule has 1 fully saturated rings. The molecule has 2 aromatic carbocycles. The minimum Gasteiger partial charge on any atom is -0.266 e. The molecule has 0 bridgehead atoms. The Hall–Kier alpha value is -2.53. The Morgan fingerprint density at radius 2 is 1.70 bits per heavy atom. The van der Waals surface area contributed by atoms with Crippen LogP contribution in [-0.4, -0.2) is 27.2 Å². The summed E-state index contributed by atoms with van der Waals surface area (Å²) in [4.78, 5) is 17.7. The van der Waals surface area contributed by atoms with Crippen LogP contribution >= 0.6 is 0 Å². The van der Waals surface area contributed by atoms with Gasteiger partial charge in [0.25, 0.3) is 5.69 Å². The molecule has 0 aliphatic carbocycles. The summed E-state index contributed by atoms with van der Waals surface area (Å²) in [6.45, 7) is 4.22. The molecule has 0 saturated carbocycles. The van der Waals surface area contributed by atoms with Gasteiger partial charge in [0.2, 0.25) is 0 Å². The van der Waals surface area contributed by atoms with Gasteiger partial charge in [0.15, 0.2) is 0 Å². The van der Waals surface area contributed by atoms with Crippen LogP contribution in [-0.2, 0) is 0 Å². The van der Waals surface area contributed by atoms with E-state index in [1.54, 1.807) is 12.1 Å². The van der Waals surface area contributed by atoms with Gasteiger partial charge in [-0.15, -0.1) is 0 Å². The van der Waals surface area contributed by atoms with Crippen LogP contribution in [0.4, 0.5) is 5.69 Å². The minimum absolute atomic E-state index is 0.130. The van der Waals surface area contributed by atoms with Crippen molar-refractivity contribution >= 4 is 11.4 Å². The quantitative estimate of drug-likeness (QED) is 0.495. The molecule has 4 rings (SSSR count). The van der Waals surface area contributed by atoms with Crippen LogP contribution in [0.2, 0.25) is 0 Å². The van der Waals surface area contributed by atoms with E-state index < -0.39 is 0 Å². The van der Waals surface area contributed by atoms with Gasteiger partial charge in [-0.1, -0.05) is 42.5 Å². The number of hydrogen-bond donors (Lipinski definition) is 0. The molecule has 2 aromatic rings. The first-order chi connectivity index (χ1) is 11.0. The third kappa shape index (κ3) is 2.16. The second-order valence-electron chi connectivity index (χ2n) is 6.50. The number of aliphatic imine (C=N–C) groups is 1. The van der Waals surface area contributed by atoms with Gasteiger partial charge in [0.1, 0.15) is 5.66 Å². The van der Waals surface area contributed by atoms with Crippen molar-refractivity contribution < 1.29 is 4.92 Å². The van der Waals surface area contributed by atoms with Gasteiger partial charge in [-0.2, -0.15) is 0 Å². The van der Waals surface area contributed by atoms with Crippen molar-refractivity contribution in [2.75, 3.05) is 0 Å². The molecule has 5 nitrogen and oxygen atoms in total. The van der Waals surface area contributed by atoms with E-state index in [4.69, 9.17) is 4.99 Å². The molecule has 1 saturated heterocycles. The molecular formula is C18H17N3O2. The summed E-state index contributed by atoms with van der Waals surface area (Å²) < 4.78 is 0. The summed E-state index contributed by atoms with van der Waals surface area (Å²) in [6, 6.07) is 17.6. The number of fused-ring (bicyclic) bond motifs is 1. The Kier molecular flexibility index (Phi) is 2.90. The van der Waals surface area contributed by atoms with E-state index in [2.05, 4.69) is 30.9 Å². The number of benzene rings is 2. The monoisotopic (exact) mass is 307 g/mol. The lowest BCUT2D eigenvalue weighted by molar-refractivity contribution is -0.384. The maximum Gasteiger partial charge on any atom is 0.269 e. The lowest BCUT2D eigenvalue weighted by Gasteiger charge is -2.20. The number of nitrogens with zero attached hydrogens (tertiary/aromatic N) is 3. The van der Waals surface area contributed by atoms with Crippen molar-refractivity contribution in [2.24, 2.45) is 4.99 Å². The predicted octanol–water partition coefficient (Wildman–Crippen LogP) is 3.56. The van der Waals surface area contributed by atoms with Gasteiger partial charge in [-0.05, 0) is 25.0 Å². The van der Waals surface area contributed by atoms with E-state index >= 15 is 0 Å². The largest absolute Gasteiger partial charge is 0.269 e. The average Bonchev–Trinajstić information content (AvgIpc) is 3.23. The van der Waals surface area contributed by atoms with Crippen LogP contribution in [0, 0.1) is 10.1 Å². The van der Waals surface area contributed by atoms with Gasteiger partial charge in [-0.3, -0.25) is 20.0 Å². The number of nitro groups is 1. The van der Waals surface area contributed by atoms with Crippen LogP contribution < -0.4 is 0 Å². The molecule has 0 amide bonds. The van der Waals surface area contributed by atoms with E-state index in [0.29, 0.717) is 0 Å². The first-order valence-electron chi connectivity index (χ1n) is 7.67. The smallest absolute Gasteiger partial charge is 0.266 e. The van der Waals surface area contributed by atoms with Crippen molar-refractivity contribution in [3.63, 3.8) is 0 Å². The molecular weight excluding hydrogens is 290 g/mol. The number of nitro benzene ring substituents is 1. The Labute approximate surface area is 134 Å². The van der Waals surface area contributed by atoms with Crippen molar-refractivity contribution in [2.45, 2.75) is 31.6 Å². The SMILES string of the molecule is CC1(C)N=C(c2ccccc2)[C@H]2[C@@H](c3ccc([N+](=O)[O-])cc3)N21. The highest BCUT2D eigenvalue weighted by Gasteiger charge is 2.62. The van der Waals surface area contributed by atoms with E-state index in [9.17, 15) is 10.1 Å². The summed E-state index contributed by atoms with van der Waals surface area (Å²) in [5, 5.41) is 10.8. The maximum atomic E-state index is 10.8. The second-order valence-corrected chi connectivity index (χ2v) is 6.50. The van der Waals surface area contributed by atoms with E-state index in [0.717, 1.165) is 16.8 Å². The highest BCUT2D eigenvalue weighted by atomic mass is 16.6. The number of non-ortho nitro benzene ring substituents is 1. The van der Waals surface area contributed by atoms with E-state index in [-0.39, 0.29) is 28.4 Å². The van der Waals surface area contributed by atoms with E-state index in [1.807, 2.05) is 30.3 Å². The average molecular weight is 307 g/mol. The molecule has 5 heteroatoms. The Balaban J connectivity index is 1.67.